The van der Waals surface area contributed by atoms with Gasteiger partial charge in [-0.25, -0.2) is 0 Å². The third-order valence-electron chi connectivity index (χ3n) is 3.30. The minimum atomic E-state index is 0.390. The second kappa shape index (κ2) is 8.23. The van der Waals surface area contributed by atoms with Gasteiger partial charge in [-0.15, -0.1) is 5.10 Å². The van der Waals surface area contributed by atoms with Gasteiger partial charge in [-0.2, -0.15) is 0 Å². The molecule has 0 amide bonds. The SMILES string of the molecule is CCCCCCCCC(NC)c1cnnn1C. The smallest absolute Gasteiger partial charge is 0.0753 e. The number of aromatic nitrogens is 3. The van der Waals surface area contributed by atoms with E-state index in [2.05, 4.69) is 22.6 Å². The van der Waals surface area contributed by atoms with Crippen molar-refractivity contribution in [2.75, 3.05) is 7.05 Å². The van der Waals surface area contributed by atoms with E-state index >= 15 is 0 Å². The first-order valence-electron chi connectivity index (χ1n) is 6.81. The highest BCUT2D eigenvalue weighted by Gasteiger charge is 2.12. The molecule has 17 heavy (non-hydrogen) atoms. The molecule has 0 aliphatic rings. The summed E-state index contributed by atoms with van der Waals surface area (Å²) in [6.07, 6.45) is 11.1. The molecule has 1 N–H and O–H groups in total. The summed E-state index contributed by atoms with van der Waals surface area (Å²) < 4.78 is 1.86. The van der Waals surface area contributed by atoms with Crippen LogP contribution in [0.3, 0.4) is 0 Å². The Kier molecular flexibility index (Phi) is 6.86. The number of hydrogen-bond acceptors (Lipinski definition) is 3. The lowest BCUT2D eigenvalue weighted by molar-refractivity contribution is 0.471. The predicted octanol–water partition coefficient (Wildman–Crippen LogP) is 2.83. The van der Waals surface area contributed by atoms with E-state index in [1.165, 1.54) is 50.6 Å². The average molecular weight is 238 g/mol. The summed E-state index contributed by atoms with van der Waals surface area (Å²) in [6.45, 7) is 2.26. The summed E-state index contributed by atoms with van der Waals surface area (Å²) in [5.41, 5.74) is 1.18. The highest BCUT2D eigenvalue weighted by Crippen LogP contribution is 2.18. The fourth-order valence-electron chi connectivity index (χ4n) is 2.18. The molecule has 4 nitrogen and oxygen atoms in total. The van der Waals surface area contributed by atoms with E-state index in [0.29, 0.717) is 6.04 Å². The number of aryl methyl sites for hydroxylation is 1. The zero-order chi connectivity index (χ0) is 12.5. The van der Waals surface area contributed by atoms with Crippen molar-refractivity contribution in [1.29, 1.82) is 0 Å². The van der Waals surface area contributed by atoms with Crippen LogP contribution < -0.4 is 5.32 Å². The number of nitrogens with one attached hydrogen (secondary N) is 1. The molecule has 1 heterocycles. The first kappa shape index (κ1) is 14.2. The number of nitrogens with zero attached hydrogens (tertiary/aromatic N) is 3. The third-order valence-corrected chi connectivity index (χ3v) is 3.30. The van der Waals surface area contributed by atoms with E-state index in [9.17, 15) is 0 Å². The molecular formula is C13H26N4. The fourth-order valence-corrected chi connectivity index (χ4v) is 2.18. The molecule has 0 bridgehead atoms. The highest BCUT2D eigenvalue weighted by atomic mass is 15.4. The van der Waals surface area contributed by atoms with E-state index in [4.69, 9.17) is 0 Å². The Morgan fingerprint density at radius 2 is 1.94 bits per heavy atom. The van der Waals surface area contributed by atoms with Gasteiger partial charge in [-0.1, -0.05) is 50.7 Å². The molecule has 0 spiro atoms. The normalized spacial score (nSPS) is 12.9. The van der Waals surface area contributed by atoms with Gasteiger partial charge in [0.25, 0.3) is 0 Å². The van der Waals surface area contributed by atoms with Crippen LogP contribution in [0.15, 0.2) is 6.20 Å². The Bertz CT molecular complexity index is 295. The van der Waals surface area contributed by atoms with Gasteiger partial charge in [0.2, 0.25) is 0 Å². The van der Waals surface area contributed by atoms with Crippen molar-refractivity contribution in [3.05, 3.63) is 11.9 Å². The van der Waals surface area contributed by atoms with Gasteiger partial charge < -0.3 is 5.32 Å². The van der Waals surface area contributed by atoms with E-state index < -0.39 is 0 Å². The van der Waals surface area contributed by atoms with Crippen molar-refractivity contribution < 1.29 is 0 Å². The van der Waals surface area contributed by atoms with Crippen LogP contribution >= 0.6 is 0 Å². The van der Waals surface area contributed by atoms with Gasteiger partial charge >= 0.3 is 0 Å². The summed E-state index contributed by atoms with van der Waals surface area (Å²) in [5, 5.41) is 11.3. The Hall–Kier alpha value is -0.900. The molecule has 1 aromatic heterocycles. The Balaban J connectivity index is 2.22. The van der Waals surface area contributed by atoms with E-state index in [0.717, 1.165) is 0 Å². The van der Waals surface area contributed by atoms with Crippen molar-refractivity contribution in [2.24, 2.45) is 7.05 Å². The van der Waals surface area contributed by atoms with E-state index in [1.807, 2.05) is 25.0 Å². The van der Waals surface area contributed by atoms with Crippen LogP contribution in [0.4, 0.5) is 0 Å². The van der Waals surface area contributed by atoms with Gasteiger partial charge in [0, 0.05) is 7.05 Å². The topological polar surface area (TPSA) is 42.7 Å². The molecule has 0 saturated carbocycles. The first-order valence-corrected chi connectivity index (χ1v) is 6.81. The third kappa shape index (κ3) is 4.86. The Morgan fingerprint density at radius 3 is 2.53 bits per heavy atom. The van der Waals surface area contributed by atoms with E-state index in [1.54, 1.807) is 0 Å². The van der Waals surface area contributed by atoms with Crippen LogP contribution in [0.1, 0.15) is 63.6 Å². The van der Waals surface area contributed by atoms with Crippen LogP contribution in [0.2, 0.25) is 0 Å². The molecular weight excluding hydrogens is 212 g/mol. The van der Waals surface area contributed by atoms with E-state index in [-0.39, 0.29) is 0 Å². The van der Waals surface area contributed by atoms with Crippen LogP contribution in [0.5, 0.6) is 0 Å². The molecule has 0 fully saturated rings. The van der Waals surface area contributed by atoms with Crippen LogP contribution in [0, 0.1) is 0 Å². The maximum Gasteiger partial charge on any atom is 0.0753 e. The Labute approximate surface area is 105 Å². The van der Waals surface area contributed by atoms with Gasteiger partial charge in [0.05, 0.1) is 17.9 Å². The highest BCUT2D eigenvalue weighted by molar-refractivity contribution is 5.01. The van der Waals surface area contributed by atoms with Crippen molar-refractivity contribution >= 4 is 0 Å². The monoisotopic (exact) mass is 238 g/mol. The van der Waals surface area contributed by atoms with Crippen molar-refractivity contribution in [2.45, 2.75) is 57.9 Å². The summed E-state index contributed by atoms with van der Waals surface area (Å²) in [6, 6.07) is 0.390. The molecule has 1 unspecified atom stereocenters. The minimum Gasteiger partial charge on any atom is -0.312 e. The molecule has 0 aromatic carbocycles. The molecule has 0 aliphatic carbocycles. The van der Waals surface area contributed by atoms with Crippen molar-refractivity contribution in [3.8, 4) is 0 Å². The number of hydrogen-bond donors (Lipinski definition) is 1. The van der Waals surface area contributed by atoms with Crippen LogP contribution in [0.25, 0.3) is 0 Å². The maximum atomic E-state index is 3.98. The quantitative estimate of drug-likeness (QED) is 0.673. The second-order valence-electron chi connectivity index (χ2n) is 4.68. The molecule has 98 valence electrons. The van der Waals surface area contributed by atoms with Gasteiger partial charge in [0.1, 0.15) is 0 Å². The molecule has 0 aliphatic heterocycles. The Morgan fingerprint density at radius 1 is 1.24 bits per heavy atom. The van der Waals surface area contributed by atoms with Crippen LogP contribution in [-0.4, -0.2) is 22.0 Å². The average Bonchev–Trinajstić information content (AvgIpc) is 2.75. The van der Waals surface area contributed by atoms with Gasteiger partial charge in [0.15, 0.2) is 0 Å². The zero-order valence-corrected chi connectivity index (χ0v) is 11.4. The summed E-state index contributed by atoms with van der Waals surface area (Å²) >= 11 is 0. The summed E-state index contributed by atoms with van der Waals surface area (Å²) in [7, 11) is 3.96. The molecule has 0 radical (unpaired) electrons. The lowest BCUT2D eigenvalue weighted by Crippen LogP contribution is -2.19. The lowest BCUT2D eigenvalue weighted by atomic mass is 10.0. The summed E-state index contributed by atoms with van der Waals surface area (Å²) in [5.74, 6) is 0. The summed E-state index contributed by atoms with van der Waals surface area (Å²) in [4.78, 5) is 0. The maximum absolute atomic E-state index is 3.98. The first-order chi connectivity index (χ1) is 8.29. The second-order valence-corrected chi connectivity index (χ2v) is 4.68. The lowest BCUT2D eigenvalue weighted by Gasteiger charge is -2.15. The van der Waals surface area contributed by atoms with Gasteiger partial charge in [-0.3, -0.25) is 4.68 Å². The van der Waals surface area contributed by atoms with Crippen molar-refractivity contribution in [3.63, 3.8) is 0 Å². The van der Waals surface area contributed by atoms with Gasteiger partial charge in [-0.05, 0) is 13.5 Å². The molecule has 1 atom stereocenters. The molecule has 1 rings (SSSR count). The molecule has 0 saturated heterocycles. The molecule has 4 heteroatoms. The standard InChI is InChI=1S/C13H26N4/c1-4-5-6-7-8-9-10-12(14-2)13-11-15-16-17(13)3/h11-12,14H,4-10H2,1-3H3. The zero-order valence-electron chi connectivity index (χ0n) is 11.4. The molecule has 1 aromatic rings. The van der Waals surface area contributed by atoms with Crippen molar-refractivity contribution in [1.82, 2.24) is 20.3 Å². The number of unbranched alkanes of at least 4 members (excludes halogenated alkanes) is 5. The largest absolute Gasteiger partial charge is 0.312 e. The van der Waals surface area contributed by atoms with Crippen LogP contribution in [-0.2, 0) is 7.05 Å². The fraction of sp³-hybridized carbons (Fsp3) is 0.846. The minimum absolute atomic E-state index is 0.390. The predicted molar refractivity (Wildman–Crippen MR) is 70.8 cm³/mol. The number of rotatable bonds is 9.